The van der Waals surface area contributed by atoms with E-state index in [0.29, 0.717) is 13.2 Å². The third-order valence-electron chi connectivity index (χ3n) is 2.10. The molecule has 0 saturated heterocycles. The van der Waals surface area contributed by atoms with Crippen LogP contribution in [0.3, 0.4) is 0 Å². The molecule has 1 atom stereocenters. The van der Waals surface area contributed by atoms with Crippen molar-refractivity contribution in [3.63, 3.8) is 0 Å². The molecule has 0 radical (unpaired) electrons. The molecule has 0 aliphatic rings. The van der Waals surface area contributed by atoms with Crippen LogP contribution in [0.25, 0.3) is 0 Å². The van der Waals surface area contributed by atoms with E-state index < -0.39 is 0 Å². The summed E-state index contributed by atoms with van der Waals surface area (Å²) in [5.41, 5.74) is 0. The average molecular weight is 224 g/mol. The molecule has 1 aromatic rings. The molecule has 4 heteroatoms. The van der Waals surface area contributed by atoms with Crippen molar-refractivity contribution in [1.82, 2.24) is 5.32 Å². The number of nitriles is 1. The highest BCUT2D eigenvalue weighted by molar-refractivity contribution is 7.12. The Morgan fingerprint density at radius 1 is 1.60 bits per heavy atom. The Kier molecular flexibility index (Phi) is 5.33. The monoisotopic (exact) mass is 224 g/mol. The molecule has 0 aliphatic heterocycles. The SMILES string of the molecule is CCc1ccc(C(C#N)NCCOC)s1. The Morgan fingerprint density at radius 3 is 2.93 bits per heavy atom. The number of hydrogen-bond acceptors (Lipinski definition) is 4. The van der Waals surface area contributed by atoms with Crippen LogP contribution in [0.1, 0.15) is 22.7 Å². The molecular formula is C11H16N2OS. The molecule has 0 aliphatic carbocycles. The predicted octanol–water partition coefficient (Wildman–Crippen LogP) is 2.11. The molecule has 0 amide bonds. The van der Waals surface area contributed by atoms with Gasteiger partial charge in [-0.3, -0.25) is 5.32 Å². The van der Waals surface area contributed by atoms with Crippen molar-refractivity contribution < 1.29 is 4.74 Å². The molecule has 0 spiro atoms. The van der Waals surface area contributed by atoms with E-state index >= 15 is 0 Å². The van der Waals surface area contributed by atoms with Crippen molar-refractivity contribution >= 4 is 11.3 Å². The van der Waals surface area contributed by atoms with Gasteiger partial charge in [-0.05, 0) is 18.6 Å². The van der Waals surface area contributed by atoms with Crippen molar-refractivity contribution in [2.45, 2.75) is 19.4 Å². The van der Waals surface area contributed by atoms with Crippen LogP contribution in [0, 0.1) is 11.3 Å². The van der Waals surface area contributed by atoms with Gasteiger partial charge in [0.05, 0.1) is 12.7 Å². The van der Waals surface area contributed by atoms with Crippen LogP contribution in [0.4, 0.5) is 0 Å². The van der Waals surface area contributed by atoms with E-state index in [1.54, 1.807) is 18.4 Å². The Morgan fingerprint density at radius 2 is 2.40 bits per heavy atom. The number of nitrogens with one attached hydrogen (secondary N) is 1. The highest BCUT2D eigenvalue weighted by atomic mass is 32.1. The van der Waals surface area contributed by atoms with E-state index in [4.69, 9.17) is 10.00 Å². The van der Waals surface area contributed by atoms with E-state index in [0.717, 1.165) is 11.3 Å². The molecule has 1 rings (SSSR count). The summed E-state index contributed by atoms with van der Waals surface area (Å²) in [5.74, 6) is 0. The smallest absolute Gasteiger partial charge is 0.130 e. The second kappa shape index (κ2) is 6.57. The lowest BCUT2D eigenvalue weighted by Gasteiger charge is -2.08. The standard InChI is InChI=1S/C11H16N2OS/c1-3-9-4-5-11(15-9)10(8-12)13-6-7-14-2/h4-5,10,13H,3,6-7H2,1-2H3. The van der Waals surface area contributed by atoms with Gasteiger partial charge in [0.25, 0.3) is 0 Å². The molecule has 1 unspecified atom stereocenters. The van der Waals surface area contributed by atoms with E-state index in [-0.39, 0.29) is 6.04 Å². The molecule has 1 aromatic heterocycles. The van der Waals surface area contributed by atoms with E-state index in [1.165, 1.54) is 4.88 Å². The zero-order valence-corrected chi connectivity index (χ0v) is 9.93. The van der Waals surface area contributed by atoms with Crippen LogP contribution in [0.2, 0.25) is 0 Å². The van der Waals surface area contributed by atoms with Crippen LogP contribution >= 0.6 is 11.3 Å². The van der Waals surface area contributed by atoms with Gasteiger partial charge in [0.15, 0.2) is 0 Å². The maximum Gasteiger partial charge on any atom is 0.130 e. The maximum absolute atomic E-state index is 9.01. The normalized spacial score (nSPS) is 12.3. The van der Waals surface area contributed by atoms with Crippen molar-refractivity contribution in [2.75, 3.05) is 20.3 Å². The first kappa shape index (κ1) is 12.2. The second-order valence-corrected chi connectivity index (χ2v) is 4.37. The molecule has 3 nitrogen and oxygen atoms in total. The minimum atomic E-state index is -0.203. The molecule has 0 saturated carbocycles. The summed E-state index contributed by atoms with van der Waals surface area (Å²) < 4.78 is 4.93. The first-order chi connectivity index (χ1) is 7.31. The predicted molar refractivity (Wildman–Crippen MR) is 61.9 cm³/mol. The molecule has 0 fully saturated rings. The zero-order valence-electron chi connectivity index (χ0n) is 9.12. The van der Waals surface area contributed by atoms with Gasteiger partial charge in [0, 0.05) is 23.4 Å². The molecule has 0 bridgehead atoms. The first-order valence-electron chi connectivity index (χ1n) is 5.02. The number of hydrogen-bond donors (Lipinski definition) is 1. The van der Waals surface area contributed by atoms with Crippen LogP contribution in [0.15, 0.2) is 12.1 Å². The lowest BCUT2D eigenvalue weighted by molar-refractivity contribution is 0.198. The summed E-state index contributed by atoms with van der Waals surface area (Å²) in [6, 6.07) is 6.17. The molecular weight excluding hydrogens is 208 g/mol. The number of aryl methyl sites for hydroxylation is 1. The Balaban J connectivity index is 2.54. The van der Waals surface area contributed by atoms with Gasteiger partial charge in [0.2, 0.25) is 0 Å². The minimum absolute atomic E-state index is 0.203. The summed E-state index contributed by atoms with van der Waals surface area (Å²) in [6.45, 7) is 3.45. The average Bonchev–Trinajstić information content (AvgIpc) is 2.73. The number of rotatable bonds is 6. The van der Waals surface area contributed by atoms with Gasteiger partial charge in [-0.2, -0.15) is 5.26 Å². The lowest BCUT2D eigenvalue weighted by atomic mass is 10.2. The summed E-state index contributed by atoms with van der Waals surface area (Å²) in [4.78, 5) is 2.41. The highest BCUT2D eigenvalue weighted by Gasteiger charge is 2.11. The Bertz CT molecular complexity index is 330. The summed E-state index contributed by atoms with van der Waals surface area (Å²) in [6.07, 6.45) is 1.03. The van der Waals surface area contributed by atoms with Gasteiger partial charge >= 0.3 is 0 Å². The molecule has 82 valence electrons. The van der Waals surface area contributed by atoms with Crippen LogP contribution < -0.4 is 5.32 Å². The topological polar surface area (TPSA) is 45.0 Å². The Labute approximate surface area is 94.7 Å². The van der Waals surface area contributed by atoms with E-state index in [2.05, 4.69) is 24.4 Å². The summed E-state index contributed by atoms with van der Waals surface area (Å²) >= 11 is 1.70. The van der Waals surface area contributed by atoms with E-state index in [1.807, 2.05) is 6.07 Å². The van der Waals surface area contributed by atoms with Crippen LogP contribution in [-0.2, 0) is 11.2 Å². The van der Waals surface area contributed by atoms with Gasteiger partial charge < -0.3 is 4.74 Å². The number of nitrogens with zero attached hydrogens (tertiary/aromatic N) is 1. The van der Waals surface area contributed by atoms with Crippen molar-refractivity contribution in [2.24, 2.45) is 0 Å². The number of methoxy groups -OCH3 is 1. The van der Waals surface area contributed by atoms with Gasteiger partial charge in [-0.15, -0.1) is 11.3 Å². The summed E-state index contributed by atoms with van der Waals surface area (Å²) in [5, 5.41) is 12.2. The quantitative estimate of drug-likeness (QED) is 0.753. The third-order valence-corrected chi connectivity index (χ3v) is 3.39. The second-order valence-electron chi connectivity index (χ2n) is 3.17. The number of ether oxygens (including phenoxy) is 1. The van der Waals surface area contributed by atoms with Gasteiger partial charge in [0.1, 0.15) is 6.04 Å². The van der Waals surface area contributed by atoms with E-state index in [9.17, 15) is 0 Å². The maximum atomic E-state index is 9.01. The minimum Gasteiger partial charge on any atom is -0.383 e. The molecule has 1 N–H and O–H groups in total. The Hall–Kier alpha value is -0.890. The fourth-order valence-electron chi connectivity index (χ4n) is 1.25. The van der Waals surface area contributed by atoms with Crippen molar-refractivity contribution in [1.29, 1.82) is 5.26 Å². The highest BCUT2D eigenvalue weighted by Crippen LogP contribution is 2.23. The summed E-state index contributed by atoms with van der Waals surface area (Å²) in [7, 11) is 1.66. The molecule has 1 heterocycles. The van der Waals surface area contributed by atoms with Crippen molar-refractivity contribution in [3.8, 4) is 6.07 Å². The zero-order chi connectivity index (χ0) is 11.1. The fraction of sp³-hybridized carbons (Fsp3) is 0.545. The van der Waals surface area contributed by atoms with Crippen LogP contribution in [0.5, 0.6) is 0 Å². The lowest BCUT2D eigenvalue weighted by Crippen LogP contribution is -2.23. The molecule has 0 aromatic carbocycles. The van der Waals surface area contributed by atoms with Gasteiger partial charge in [-0.25, -0.2) is 0 Å². The van der Waals surface area contributed by atoms with Crippen LogP contribution in [-0.4, -0.2) is 20.3 Å². The van der Waals surface area contributed by atoms with Crippen molar-refractivity contribution in [3.05, 3.63) is 21.9 Å². The largest absolute Gasteiger partial charge is 0.383 e. The molecule has 15 heavy (non-hydrogen) atoms. The third kappa shape index (κ3) is 3.63. The number of thiophene rings is 1. The first-order valence-corrected chi connectivity index (χ1v) is 5.84. The fourth-order valence-corrected chi connectivity index (χ4v) is 2.23. The van der Waals surface area contributed by atoms with Gasteiger partial charge in [-0.1, -0.05) is 6.92 Å².